The van der Waals surface area contributed by atoms with E-state index in [0.717, 1.165) is 0 Å². The predicted molar refractivity (Wildman–Crippen MR) is 25.1 cm³/mol. The number of hydrogen-bond acceptors (Lipinski definition) is 2. The number of carbonyl (C=O) groups excluding carboxylic acids is 1. The highest BCUT2D eigenvalue weighted by atomic mass is 16.5. The number of esters is 1. The van der Waals surface area contributed by atoms with Gasteiger partial charge < -0.3 is 4.74 Å². The monoisotopic (exact) mass is 96.0 g/mol. The Balaban J connectivity index is 2.48. The van der Waals surface area contributed by atoms with Crippen LogP contribution >= 0.6 is 0 Å². The van der Waals surface area contributed by atoms with Gasteiger partial charge in [-0.3, -0.25) is 4.79 Å². The first kappa shape index (κ1) is 4.69. The Kier molecular flexibility index (Phi) is 1.05. The second-order valence-corrected chi connectivity index (χ2v) is 1.56. The van der Waals surface area contributed by atoms with Crippen LogP contribution in [0.5, 0.6) is 0 Å². The SMILES string of the molecule is [B]C1CCOC1=O. The minimum Gasteiger partial charge on any atom is -0.466 e. The minimum absolute atomic E-state index is 0.264. The van der Waals surface area contributed by atoms with E-state index in [1.54, 1.807) is 0 Å². The molecule has 1 aliphatic rings. The first-order valence-corrected chi connectivity index (χ1v) is 2.23. The van der Waals surface area contributed by atoms with E-state index in [1.165, 1.54) is 0 Å². The fraction of sp³-hybridized carbons (Fsp3) is 0.750. The molecule has 1 unspecified atom stereocenters. The maximum absolute atomic E-state index is 10.2. The first-order chi connectivity index (χ1) is 3.30. The molecule has 0 aromatic heterocycles. The second kappa shape index (κ2) is 1.56. The molecule has 1 rings (SSSR count). The molecule has 1 aliphatic heterocycles. The van der Waals surface area contributed by atoms with Crippen LogP contribution < -0.4 is 0 Å². The lowest BCUT2D eigenvalue weighted by Gasteiger charge is -1.88. The average molecular weight is 95.9 g/mol. The van der Waals surface area contributed by atoms with Crippen molar-refractivity contribution in [3.8, 4) is 0 Å². The van der Waals surface area contributed by atoms with Gasteiger partial charge in [-0.2, -0.15) is 0 Å². The fourth-order valence-corrected chi connectivity index (χ4v) is 0.511. The van der Waals surface area contributed by atoms with Gasteiger partial charge in [0.15, 0.2) is 0 Å². The summed E-state index contributed by atoms with van der Waals surface area (Å²) in [4.78, 5) is 10.2. The smallest absolute Gasteiger partial charge is 0.300 e. The van der Waals surface area contributed by atoms with Crippen molar-refractivity contribution in [2.24, 2.45) is 0 Å². The van der Waals surface area contributed by atoms with Gasteiger partial charge >= 0.3 is 0 Å². The van der Waals surface area contributed by atoms with E-state index in [0.29, 0.717) is 13.0 Å². The van der Waals surface area contributed by atoms with Gasteiger partial charge in [-0.1, -0.05) is 0 Å². The molecule has 0 amide bonds. The van der Waals surface area contributed by atoms with Crippen LogP contribution in [0.3, 0.4) is 0 Å². The van der Waals surface area contributed by atoms with Crippen molar-refractivity contribution in [1.82, 2.24) is 0 Å². The fourth-order valence-electron chi connectivity index (χ4n) is 0.511. The van der Waals surface area contributed by atoms with E-state index < -0.39 is 0 Å². The predicted octanol–water partition coefficient (Wildman–Crippen LogP) is -0.110. The Bertz CT molecular complexity index is 91.7. The molecule has 1 atom stereocenters. The van der Waals surface area contributed by atoms with Crippen LogP contribution in [-0.2, 0) is 9.53 Å². The van der Waals surface area contributed by atoms with Gasteiger partial charge in [-0.15, -0.1) is 0 Å². The Morgan fingerprint density at radius 2 is 2.57 bits per heavy atom. The third kappa shape index (κ3) is 0.761. The number of ether oxygens (including phenoxy) is 1. The largest absolute Gasteiger partial charge is 0.466 e. The van der Waals surface area contributed by atoms with Gasteiger partial charge in [0.05, 0.1) is 14.5 Å². The normalized spacial score (nSPS) is 30.3. The van der Waals surface area contributed by atoms with Crippen LogP contribution in [0, 0.1) is 0 Å². The third-order valence-electron chi connectivity index (χ3n) is 0.976. The van der Waals surface area contributed by atoms with Gasteiger partial charge in [0, 0.05) is 5.82 Å². The van der Waals surface area contributed by atoms with E-state index in [-0.39, 0.29) is 11.8 Å². The van der Waals surface area contributed by atoms with Crippen molar-refractivity contribution in [2.45, 2.75) is 12.2 Å². The molecule has 1 fully saturated rings. The number of carbonyl (C=O) groups is 1. The summed E-state index contributed by atoms with van der Waals surface area (Å²) in [6.07, 6.45) is 0.679. The molecule has 0 aliphatic carbocycles. The molecule has 0 aromatic rings. The van der Waals surface area contributed by atoms with Crippen LogP contribution in [0.1, 0.15) is 6.42 Å². The van der Waals surface area contributed by atoms with Gasteiger partial charge in [0.2, 0.25) is 0 Å². The van der Waals surface area contributed by atoms with E-state index in [2.05, 4.69) is 4.74 Å². The average Bonchev–Trinajstić information content (AvgIpc) is 1.91. The van der Waals surface area contributed by atoms with Crippen molar-refractivity contribution in [3.63, 3.8) is 0 Å². The van der Waals surface area contributed by atoms with E-state index >= 15 is 0 Å². The molecule has 0 saturated carbocycles. The molecule has 0 spiro atoms. The van der Waals surface area contributed by atoms with Gasteiger partial charge in [0.1, 0.15) is 0 Å². The van der Waals surface area contributed by atoms with E-state index in [9.17, 15) is 4.79 Å². The zero-order valence-electron chi connectivity index (χ0n) is 3.89. The molecule has 0 bridgehead atoms. The molecular formula is C4H5BO2. The number of rotatable bonds is 0. The standard InChI is InChI=1S/C4H5BO2/c5-3-1-2-7-4(3)6/h3H,1-2H2. The van der Waals surface area contributed by atoms with Gasteiger partial charge in [-0.05, 0) is 6.42 Å². The zero-order chi connectivity index (χ0) is 5.28. The summed E-state index contributed by atoms with van der Waals surface area (Å²) in [6.45, 7) is 0.500. The molecule has 0 N–H and O–H groups in total. The lowest BCUT2D eigenvalue weighted by molar-refractivity contribution is -0.137. The van der Waals surface area contributed by atoms with Gasteiger partial charge in [-0.25, -0.2) is 0 Å². The molecule has 2 radical (unpaired) electrons. The maximum Gasteiger partial charge on any atom is 0.300 e. The van der Waals surface area contributed by atoms with Crippen molar-refractivity contribution in [2.75, 3.05) is 6.61 Å². The summed E-state index contributed by atoms with van der Waals surface area (Å²) >= 11 is 0. The Labute approximate surface area is 43.3 Å². The van der Waals surface area contributed by atoms with Crippen LogP contribution in [0.15, 0.2) is 0 Å². The third-order valence-corrected chi connectivity index (χ3v) is 0.976. The molecular weight excluding hydrogens is 90.9 g/mol. The Morgan fingerprint density at radius 1 is 1.86 bits per heavy atom. The molecule has 1 heterocycles. The highest BCUT2D eigenvalue weighted by molar-refractivity contribution is 6.23. The van der Waals surface area contributed by atoms with Crippen LogP contribution in [0.25, 0.3) is 0 Å². The highest BCUT2D eigenvalue weighted by Gasteiger charge is 2.19. The minimum atomic E-state index is -0.347. The van der Waals surface area contributed by atoms with Crippen molar-refractivity contribution in [1.29, 1.82) is 0 Å². The summed E-state index contributed by atoms with van der Waals surface area (Å²) in [5, 5.41) is 0. The molecule has 3 heteroatoms. The summed E-state index contributed by atoms with van der Waals surface area (Å²) in [5.74, 6) is -0.611. The molecule has 1 saturated heterocycles. The Hall–Kier alpha value is -0.465. The first-order valence-electron chi connectivity index (χ1n) is 2.23. The topological polar surface area (TPSA) is 26.3 Å². The summed E-state index contributed by atoms with van der Waals surface area (Å²) in [6, 6.07) is 0. The van der Waals surface area contributed by atoms with Crippen molar-refractivity contribution < 1.29 is 9.53 Å². The second-order valence-electron chi connectivity index (χ2n) is 1.56. The molecule has 36 valence electrons. The summed E-state index contributed by atoms with van der Waals surface area (Å²) < 4.78 is 4.50. The number of hydrogen-bond donors (Lipinski definition) is 0. The van der Waals surface area contributed by atoms with Gasteiger partial charge in [0.25, 0.3) is 5.97 Å². The lowest BCUT2D eigenvalue weighted by Crippen LogP contribution is -1.99. The molecule has 2 nitrogen and oxygen atoms in total. The summed E-state index contributed by atoms with van der Waals surface area (Å²) in [5.41, 5.74) is 0. The van der Waals surface area contributed by atoms with E-state index in [4.69, 9.17) is 7.85 Å². The van der Waals surface area contributed by atoms with Crippen LogP contribution in [-0.4, -0.2) is 20.4 Å². The van der Waals surface area contributed by atoms with E-state index in [1.807, 2.05) is 0 Å². The Morgan fingerprint density at radius 3 is 2.71 bits per heavy atom. The van der Waals surface area contributed by atoms with Crippen LogP contribution in [0.4, 0.5) is 0 Å². The summed E-state index contributed by atoms with van der Waals surface area (Å²) in [7, 11) is 5.20. The lowest BCUT2D eigenvalue weighted by atomic mass is 9.87. The number of cyclic esters (lactones) is 1. The maximum atomic E-state index is 10.2. The molecule has 7 heavy (non-hydrogen) atoms. The van der Waals surface area contributed by atoms with Crippen molar-refractivity contribution in [3.05, 3.63) is 0 Å². The van der Waals surface area contributed by atoms with Crippen molar-refractivity contribution >= 4 is 13.8 Å². The van der Waals surface area contributed by atoms with Crippen LogP contribution in [0.2, 0.25) is 5.82 Å². The molecule has 0 aromatic carbocycles. The highest BCUT2D eigenvalue weighted by Crippen LogP contribution is 2.14. The zero-order valence-corrected chi connectivity index (χ0v) is 3.89. The quantitative estimate of drug-likeness (QED) is 0.310.